The third-order valence-electron chi connectivity index (χ3n) is 7.26. The van der Waals surface area contributed by atoms with Gasteiger partial charge >= 0.3 is 0 Å². The SMILES string of the molecule is CCCCNc1ncc2c(-c3ccc(S(=N)(=O)N4CCOCC4)cc3)cn(C3CCC(O)CC3)c2n1. The van der Waals surface area contributed by atoms with Gasteiger partial charge < -0.3 is 19.7 Å². The van der Waals surface area contributed by atoms with Crippen LogP contribution in [0.4, 0.5) is 5.95 Å². The van der Waals surface area contributed by atoms with Crippen molar-refractivity contribution in [3.63, 3.8) is 0 Å². The number of benzene rings is 1. The molecule has 1 saturated carbocycles. The first-order valence-electron chi connectivity index (χ1n) is 13.0. The summed E-state index contributed by atoms with van der Waals surface area (Å²) in [6, 6.07) is 7.78. The van der Waals surface area contributed by atoms with Gasteiger partial charge in [-0.25, -0.2) is 18.3 Å². The van der Waals surface area contributed by atoms with E-state index in [0.717, 1.165) is 67.2 Å². The van der Waals surface area contributed by atoms with Crippen LogP contribution in [-0.2, 0) is 14.7 Å². The number of nitrogens with zero attached hydrogens (tertiary/aromatic N) is 4. The fourth-order valence-electron chi connectivity index (χ4n) is 5.11. The van der Waals surface area contributed by atoms with E-state index in [-0.39, 0.29) is 12.1 Å². The Labute approximate surface area is 213 Å². The highest BCUT2D eigenvalue weighted by atomic mass is 32.2. The summed E-state index contributed by atoms with van der Waals surface area (Å²) < 4.78 is 31.1. The smallest absolute Gasteiger partial charge is 0.224 e. The van der Waals surface area contributed by atoms with Gasteiger partial charge in [0, 0.05) is 49.0 Å². The van der Waals surface area contributed by atoms with Gasteiger partial charge in [0.25, 0.3) is 0 Å². The molecule has 10 heteroatoms. The number of anilines is 1. The molecule has 194 valence electrons. The Kier molecular flexibility index (Phi) is 7.57. The Balaban J connectivity index is 1.49. The second kappa shape index (κ2) is 10.8. The molecule has 2 aromatic heterocycles. The minimum absolute atomic E-state index is 0.220. The fraction of sp³-hybridized carbons (Fsp3) is 0.538. The molecule has 1 aliphatic carbocycles. The summed E-state index contributed by atoms with van der Waals surface area (Å²) in [5.74, 6) is 0.632. The minimum Gasteiger partial charge on any atom is -0.393 e. The molecule has 0 spiro atoms. The lowest BCUT2D eigenvalue weighted by atomic mass is 9.93. The molecular formula is C26H36N6O3S. The maximum absolute atomic E-state index is 13.3. The van der Waals surface area contributed by atoms with Crippen LogP contribution in [0.3, 0.4) is 0 Å². The molecule has 0 amide bonds. The number of aliphatic hydroxyl groups is 1. The number of aliphatic hydroxyl groups excluding tert-OH is 1. The number of morpholine rings is 1. The maximum Gasteiger partial charge on any atom is 0.224 e. The number of unbranched alkanes of at least 4 members (excludes halogenated alkanes) is 1. The maximum atomic E-state index is 13.3. The average Bonchev–Trinajstić information content (AvgIpc) is 3.29. The van der Waals surface area contributed by atoms with E-state index >= 15 is 0 Å². The predicted octanol–water partition coefficient (Wildman–Crippen LogP) is 4.44. The molecule has 1 aliphatic heterocycles. The second-order valence-corrected chi connectivity index (χ2v) is 11.8. The molecule has 3 aromatic rings. The van der Waals surface area contributed by atoms with Crippen molar-refractivity contribution in [2.45, 2.75) is 62.5 Å². The van der Waals surface area contributed by atoms with Crippen molar-refractivity contribution in [1.82, 2.24) is 18.8 Å². The van der Waals surface area contributed by atoms with E-state index in [0.29, 0.717) is 37.1 Å². The number of aromatic nitrogens is 3. The summed E-state index contributed by atoms with van der Waals surface area (Å²) in [5.41, 5.74) is 2.89. The van der Waals surface area contributed by atoms with Gasteiger partial charge in [0.05, 0.1) is 24.2 Å². The predicted molar refractivity (Wildman–Crippen MR) is 141 cm³/mol. The van der Waals surface area contributed by atoms with E-state index < -0.39 is 9.92 Å². The number of rotatable bonds is 8. The van der Waals surface area contributed by atoms with E-state index in [1.807, 2.05) is 30.5 Å². The standard InChI is InChI=1S/C26H36N6O3S/c1-2-3-12-28-26-29-17-23-24(18-32(25(23)30-26)20-6-8-21(33)9-7-20)19-4-10-22(11-5-19)36(27,34)31-13-15-35-16-14-31/h4-5,10-11,17-18,20-21,27,33H,2-3,6-9,12-16H2,1H3,(H,28,29,30). The van der Waals surface area contributed by atoms with Gasteiger partial charge in [-0.3, -0.25) is 0 Å². The van der Waals surface area contributed by atoms with E-state index in [1.54, 1.807) is 4.31 Å². The molecule has 36 heavy (non-hydrogen) atoms. The lowest BCUT2D eigenvalue weighted by molar-refractivity contribution is 0.0743. The molecule has 1 atom stereocenters. The Hall–Kier alpha value is -2.53. The normalized spacial score (nSPS) is 22.9. The van der Waals surface area contributed by atoms with E-state index in [9.17, 15) is 9.32 Å². The summed E-state index contributed by atoms with van der Waals surface area (Å²) in [6.45, 7) is 5.00. The van der Waals surface area contributed by atoms with Crippen LogP contribution in [0.2, 0.25) is 0 Å². The largest absolute Gasteiger partial charge is 0.393 e. The van der Waals surface area contributed by atoms with Gasteiger partial charge in [0.1, 0.15) is 15.6 Å². The van der Waals surface area contributed by atoms with Gasteiger partial charge in [-0.05, 0) is 49.8 Å². The molecule has 5 rings (SSSR count). The number of nitrogens with one attached hydrogen (secondary N) is 2. The lowest BCUT2D eigenvalue weighted by Crippen LogP contribution is -2.40. The van der Waals surface area contributed by atoms with Crippen LogP contribution in [0.5, 0.6) is 0 Å². The highest BCUT2D eigenvalue weighted by Gasteiger charge is 2.26. The van der Waals surface area contributed by atoms with E-state index in [1.165, 1.54) is 0 Å². The Bertz CT molecular complexity index is 1280. The zero-order chi connectivity index (χ0) is 25.1. The van der Waals surface area contributed by atoms with Gasteiger partial charge in [-0.1, -0.05) is 25.5 Å². The van der Waals surface area contributed by atoms with Gasteiger partial charge in [0.2, 0.25) is 5.95 Å². The van der Waals surface area contributed by atoms with E-state index in [4.69, 9.17) is 14.5 Å². The summed E-state index contributed by atoms with van der Waals surface area (Å²) in [6.07, 6.45) is 9.38. The third-order valence-corrected chi connectivity index (χ3v) is 9.27. The van der Waals surface area contributed by atoms with Crippen LogP contribution < -0.4 is 5.32 Å². The quantitative estimate of drug-likeness (QED) is 0.384. The van der Waals surface area contributed by atoms with Gasteiger partial charge in [0.15, 0.2) is 0 Å². The molecular weight excluding hydrogens is 476 g/mol. The molecule has 3 N–H and O–H groups in total. The van der Waals surface area contributed by atoms with Crippen LogP contribution >= 0.6 is 0 Å². The summed E-state index contributed by atoms with van der Waals surface area (Å²) >= 11 is 0. The fourth-order valence-corrected chi connectivity index (χ4v) is 6.57. The van der Waals surface area contributed by atoms with Crippen molar-refractivity contribution >= 4 is 26.9 Å². The Morgan fingerprint density at radius 2 is 1.89 bits per heavy atom. The first-order valence-corrected chi connectivity index (χ1v) is 14.5. The molecule has 3 heterocycles. The van der Waals surface area contributed by atoms with Crippen LogP contribution in [0.15, 0.2) is 41.6 Å². The number of hydrogen-bond acceptors (Lipinski definition) is 7. The monoisotopic (exact) mass is 512 g/mol. The summed E-state index contributed by atoms with van der Waals surface area (Å²) in [5, 5.41) is 14.3. The molecule has 1 aromatic carbocycles. The van der Waals surface area contributed by atoms with Crippen molar-refractivity contribution in [2.24, 2.45) is 0 Å². The highest BCUT2D eigenvalue weighted by molar-refractivity contribution is 7.90. The molecule has 1 saturated heterocycles. The van der Waals surface area contributed by atoms with Gasteiger partial charge in [-0.15, -0.1) is 0 Å². The lowest BCUT2D eigenvalue weighted by Gasteiger charge is -2.28. The molecule has 2 fully saturated rings. The summed E-state index contributed by atoms with van der Waals surface area (Å²) in [4.78, 5) is 9.98. The molecule has 0 radical (unpaired) electrons. The van der Waals surface area contributed by atoms with Crippen molar-refractivity contribution < 1.29 is 14.1 Å². The average molecular weight is 513 g/mol. The number of ether oxygens (including phenoxy) is 1. The molecule has 1 unspecified atom stereocenters. The number of fused-ring (bicyclic) bond motifs is 1. The van der Waals surface area contributed by atoms with Crippen molar-refractivity contribution in [1.29, 1.82) is 4.78 Å². The zero-order valence-electron chi connectivity index (χ0n) is 20.9. The van der Waals surface area contributed by atoms with Crippen molar-refractivity contribution in [3.05, 3.63) is 36.7 Å². The van der Waals surface area contributed by atoms with Crippen LogP contribution in [0, 0.1) is 4.78 Å². The van der Waals surface area contributed by atoms with Crippen LogP contribution in [0.25, 0.3) is 22.2 Å². The Morgan fingerprint density at radius 3 is 2.58 bits per heavy atom. The second-order valence-electron chi connectivity index (χ2n) is 9.72. The van der Waals surface area contributed by atoms with Crippen molar-refractivity contribution in [3.8, 4) is 11.1 Å². The topological polar surface area (TPSA) is 116 Å². The van der Waals surface area contributed by atoms with Crippen LogP contribution in [-0.4, -0.2) is 67.1 Å². The summed E-state index contributed by atoms with van der Waals surface area (Å²) in [7, 11) is -3.05. The third kappa shape index (κ3) is 5.13. The Morgan fingerprint density at radius 1 is 1.17 bits per heavy atom. The van der Waals surface area contributed by atoms with Crippen molar-refractivity contribution in [2.75, 3.05) is 38.2 Å². The van der Waals surface area contributed by atoms with Gasteiger partial charge in [-0.2, -0.15) is 4.98 Å². The minimum atomic E-state index is -3.05. The molecule has 9 nitrogen and oxygen atoms in total. The molecule has 2 aliphatic rings. The van der Waals surface area contributed by atoms with E-state index in [2.05, 4.69) is 28.0 Å². The first-order chi connectivity index (χ1) is 17.5. The number of hydrogen-bond donors (Lipinski definition) is 3. The zero-order valence-corrected chi connectivity index (χ0v) is 21.7. The van der Waals surface area contributed by atoms with Crippen LogP contribution in [0.1, 0.15) is 51.5 Å². The first kappa shape index (κ1) is 25.1. The molecule has 0 bridgehead atoms. The highest BCUT2D eigenvalue weighted by Crippen LogP contribution is 2.37.